The lowest BCUT2D eigenvalue weighted by Crippen LogP contribution is -2.38. The van der Waals surface area contributed by atoms with Crippen LogP contribution in [0.4, 0.5) is 0 Å². The van der Waals surface area contributed by atoms with Gasteiger partial charge in [0.15, 0.2) is 0 Å². The van der Waals surface area contributed by atoms with Crippen LogP contribution < -0.4 is 5.32 Å². The standard InChI is InChI=1S/C25H27N3O3S/c1-30-12-10-27-25(29)24-23(19-4-2-3-5-22(19)32-24)21-16-28(11-13-31-21)15-17-6-7-20-18(14-17)8-9-26-20/h2-9,14,21,26H,10-13,15-16H2,1H3,(H,27,29). The summed E-state index contributed by atoms with van der Waals surface area (Å²) in [5.41, 5.74) is 3.44. The topological polar surface area (TPSA) is 66.6 Å². The molecule has 0 spiro atoms. The molecule has 1 unspecified atom stereocenters. The third-order valence-corrected chi connectivity index (χ3v) is 7.11. The van der Waals surface area contributed by atoms with E-state index in [1.54, 1.807) is 7.11 Å². The normalized spacial score (nSPS) is 17.2. The first kappa shape index (κ1) is 21.2. The first-order valence-electron chi connectivity index (χ1n) is 10.9. The zero-order valence-electron chi connectivity index (χ0n) is 18.1. The number of carbonyl (C=O) groups is 1. The molecule has 4 aromatic rings. The van der Waals surface area contributed by atoms with Crippen LogP contribution in [0.3, 0.4) is 0 Å². The summed E-state index contributed by atoms with van der Waals surface area (Å²) in [6, 6.07) is 16.9. The van der Waals surface area contributed by atoms with Crippen molar-refractivity contribution >= 4 is 38.2 Å². The maximum Gasteiger partial charge on any atom is 0.261 e. The molecule has 0 radical (unpaired) electrons. The van der Waals surface area contributed by atoms with E-state index in [-0.39, 0.29) is 12.0 Å². The minimum atomic E-state index is -0.140. The molecule has 0 bridgehead atoms. The van der Waals surface area contributed by atoms with Crippen LogP contribution in [0.2, 0.25) is 0 Å². The monoisotopic (exact) mass is 449 g/mol. The van der Waals surface area contributed by atoms with Crippen LogP contribution in [0.15, 0.2) is 54.7 Å². The van der Waals surface area contributed by atoms with E-state index in [9.17, 15) is 4.79 Å². The second-order valence-corrected chi connectivity index (χ2v) is 9.14. The number of thiophene rings is 1. The van der Waals surface area contributed by atoms with Crippen LogP contribution in [0, 0.1) is 0 Å². The SMILES string of the molecule is COCCNC(=O)c1sc2ccccc2c1C1CN(Cc2ccc3[nH]ccc3c2)CCO1. The molecule has 2 aromatic carbocycles. The number of benzene rings is 2. The number of methoxy groups -OCH3 is 1. The van der Waals surface area contributed by atoms with Crippen molar-refractivity contribution in [1.29, 1.82) is 0 Å². The number of H-pyrrole nitrogens is 1. The highest BCUT2D eigenvalue weighted by atomic mass is 32.1. The fraction of sp³-hybridized carbons (Fsp3) is 0.320. The minimum Gasteiger partial charge on any atom is -0.383 e. The van der Waals surface area contributed by atoms with Crippen LogP contribution >= 0.6 is 11.3 Å². The minimum absolute atomic E-state index is 0.0584. The molecule has 2 N–H and O–H groups in total. The summed E-state index contributed by atoms with van der Waals surface area (Å²) in [6.07, 6.45) is 1.83. The molecule has 1 saturated heterocycles. The van der Waals surface area contributed by atoms with E-state index in [1.807, 2.05) is 18.3 Å². The summed E-state index contributed by atoms with van der Waals surface area (Å²) < 4.78 is 12.4. The van der Waals surface area contributed by atoms with E-state index in [4.69, 9.17) is 9.47 Å². The van der Waals surface area contributed by atoms with Crippen LogP contribution in [0.5, 0.6) is 0 Å². The van der Waals surface area contributed by atoms with Gasteiger partial charge >= 0.3 is 0 Å². The van der Waals surface area contributed by atoms with E-state index in [0.29, 0.717) is 19.8 Å². The van der Waals surface area contributed by atoms with Crippen LogP contribution in [0.1, 0.15) is 26.9 Å². The van der Waals surface area contributed by atoms with Gasteiger partial charge in [0.25, 0.3) is 5.91 Å². The number of nitrogens with one attached hydrogen (secondary N) is 2. The number of ether oxygens (including phenoxy) is 2. The fourth-order valence-electron chi connectivity index (χ4n) is 4.38. The molecule has 0 saturated carbocycles. The van der Waals surface area contributed by atoms with Gasteiger partial charge in [-0.25, -0.2) is 0 Å². The number of hydrogen-bond acceptors (Lipinski definition) is 5. The first-order valence-corrected chi connectivity index (χ1v) is 11.7. The molecule has 32 heavy (non-hydrogen) atoms. The van der Waals surface area contributed by atoms with Crippen molar-refractivity contribution in [2.24, 2.45) is 0 Å². The Balaban J connectivity index is 1.39. The maximum atomic E-state index is 13.0. The number of fused-ring (bicyclic) bond motifs is 2. The molecule has 3 heterocycles. The molecule has 0 aliphatic carbocycles. The van der Waals surface area contributed by atoms with Crippen molar-refractivity contribution in [3.63, 3.8) is 0 Å². The van der Waals surface area contributed by atoms with Crippen LogP contribution in [0.25, 0.3) is 21.0 Å². The molecular formula is C25H27N3O3S. The molecule has 166 valence electrons. The van der Waals surface area contributed by atoms with Gasteiger partial charge in [0.1, 0.15) is 0 Å². The highest BCUT2D eigenvalue weighted by Gasteiger charge is 2.29. The molecule has 1 aliphatic heterocycles. The van der Waals surface area contributed by atoms with E-state index in [2.05, 4.69) is 51.6 Å². The number of aromatic amines is 1. The summed E-state index contributed by atoms with van der Waals surface area (Å²) in [7, 11) is 1.63. The van der Waals surface area contributed by atoms with Crippen molar-refractivity contribution in [1.82, 2.24) is 15.2 Å². The van der Waals surface area contributed by atoms with Gasteiger partial charge in [-0.05, 0) is 40.6 Å². The Morgan fingerprint density at radius 3 is 3.09 bits per heavy atom. The number of aromatic nitrogens is 1. The van der Waals surface area contributed by atoms with Crippen LogP contribution in [-0.4, -0.2) is 55.7 Å². The van der Waals surface area contributed by atoms with Crippen molar-refractivity contribution in [3.8, 4) is 0 Å². The van der Waals surface area contributed by atoms with Gasteiger partial charge in [0.05, 0.1) is 24.2 Å². The Labute approximate surface area is 191 Å². The lowest BCUT2D eigenvalue weighted by Gasteiger charge is -2.33. The third kappa shape index (κ3) is 4.29. The van der Waals surface area contributed by atoms with Gasteiger partial charge in [-0.15, -0.1) is 11.3 Å². The summed E-state index contributed by atoms with van der Waals surface area (Å²) in [4.78, 5) is 19.4. The average Bonchev–Trinajstić information content (AvgIpc) is 3.43. The summed E-state index contributed by atoms with van der Waals surface area (Å²) in [5, 5.41) is 5.31. The van der Waals surface area contributed by atoms with Gasteiger partial charge in [-0.2, -0.15) is 0 Å². The summed E-state index contributed by atoms with van der Waals surface area (Å²) >= 11 is 1.54. The Bertz CT molecular complexity index is 1230. The number of hydrogen-bond donors (Lipinski definition) is 2. The number of morpholine rings is 1. The molecule has 7 heteroatoms. The Hall–Kier alpha value is -2.71. The summed E-state index contributed by atoms with van der Waals surface area (Å²) in [6.45, 7) is 4.11. The first-order chi connectivity index (χ1) is 15.7. The quantitative estimate of drug-likeness (QED) is 0.412. The van der Waals surface area contributed by atoms with Gasteiger partial charge < -0.3 is 19.8 Å². The Morgan fingerprint density at radius 2 is 2.19 bits per heavy atom. The van der Waals surface area contributed by atoms with E-state index in [1.165, 1.54) is 22.3 Å². The second kappa shape index (κ2) is 9.42. The predicted molar refractivity (Wildman–Crippen MR) is 128 cm³/mol. The lowest BCUT2D eigenvalue weighted by atomic mass is 10.0. The molecule has 1 aliphatic rings. The fourth-order valence-corrected chi connectivity index (χ4v) is 5.55. The molecular weight excluding hydrogens is 422 g/mol. The van der Waals surface area contributed by atoms with Crippen LogP contribution in [-0.2, 0) is 16.0 Å². The Morgan fingerprint density at radius 1 is 1.28 bits per heavy atom. The van der Waals surface area contributed by atoms with Crippen molar-refractivity contribution < 1.29 is 14.3 Å². The van der Waals surface area contributed by atoms with Crippen molar-refractivity contribution in [3.05, 3.63) is 70.7 Å². The van der Waals surface area contributed by atoms with Crippen molar-refractivity contribution in [2.45, 2.75) is 12.6 Å². The Kier molecular flexibility index (Phi) is 6.23. The number of nitrogens with zero attached hydrogens (tertiary/aromatic N) is 1. The highest BCUT2D eigenvalue weighted by molar-refractivity contribution is 7.21. The zero-order chi connectivity index (χ0) is 21.9. The number of rotatable bonds is 7. The van der Waals surface area contributed by atoms with Gasteiger partial charge in [0.2, 0.25) is 0 Å². The largest absolute Gasteiger partial charge is 0.383 e. The molecule has 1 fully saturated rings. The lowest BCUT2D eigenvalue weighted by molar-refractivity contribution is -0.0323. The zero-order valence-corrected chi connectivity index (χ0v) is 18.9. The van der Waals surface area contributed by atoms with E-state index < -0.39 is 0 Å². The molecule has 2 aromatic heterocycles. The van der Waals surface area contributed by atoms with E-state index in [0.717, 1.165) is 45.7 Å². The third-order valence-electron chi connectivity index (χ3n) is 5.93. The van der Waals surface area contributed by atoms with Gasteiger partial charge in [-0.3, -0.25) is 9.69 Å². The molecule has 1 amide bonds. The molecule has 6 nitrogen and oxygen atoms in total. The van der Waals surface area contributed by atoms with Gasteiger partial charge in [0, 0.05) is 55.3 Å². The maximum absolute atomic E-state index is 13.0. The number of amides is 1. The average molecular weight is 450 g/mol. The predicted octanol–water partition coefficient (Wildman–Crippen LogP) is 4.33. The number of carbonyl (C=O) groups excluding carboxylic acids is 1. The molecule has 5 rings (SSSR count). The second-order valence-electron chi connectivity index (χ2n) is 8.08. The van der Waals surface area contributed by atoms with Gasteiger partial charge in [-0.1, -0.05) is 24.3 Å². The summed E-state index contributed by atoms with van der Waals surface area (Å²) in [5.74, 6) is -0.0584. The van der Waals surface area contributed by atoms with Crippen molar-refractivity contribution in [2.75, 3.05) is 40.0 Å². The van der Waals surface area contributed by atoms with E-state index >= 15 is 0 Å². The highest BCUT2D eigenvalue weighted by Crippen LogP contribution is 2.38. The smallest absolute Gasteiger partial charge is 0.261 e. The molecule has 1 atom stereocenters.